The number of aliphatic hydroxyl groups excluding tert-OH is 1. The Kier molecular flexibility index (Phi) is 3.75. The third kappa shape index (κ3) is 2.13. The van der Waals surface area contributed by atoms with Crippen LogP contribution in [0.2, 0.25) is 0 Å². The first-order valence-corrected chi connectivity index (χ1v) is 10.1. The molecule has 4 fully saturated rings. The van der Waals surface area contributed by atoms with E-state index in [0.29, 0.717) is 23.4 Å². The summed E-state index contributed by atoms with van der Waals surface area (Å²) in [4.78, 5) is 0. The van der Waals surface area contributed by atoms with E-state index in [2.05, 4.69) is 34.6 Å². The highest BCUT2D eigenvalue weighted by Gasteiger charge is 2.66. The van der Waals surface area contributed by atoms with Crippen LogP contribution in [0.15, 0.2) is 0 Å². The second-order valence-corrected chi connectivity index (χ2v) is 10.3. The van der Waals surface area contributed by atoms with Crippen molar-refractivity contribution in [2.75, 3.05) is 6.61 Å². The number of ether oxygens (including phenoxy) is 2. The van der Waals surface area contributed by atoms with E-state index in [1.807, 2.05) is 0 Å². The van der Waals surface area contributed by atoms with Gasteiger partial charge in [-0.15, -0.1) is 0 Å². The number of aliphatic hydroxyl groups is 1. The number of hydrogen-bond donors (Lipinski definition) is 1. The van der Waals surface area contributed by atoms with Gasteiger partial charge in [-0.05, 0) is 86.9 Å². The fraction of sp³-hybridized carbons (Fsp3) is 1.00. The van der Waals surface area contributed by atoms with Gasteiger partial charge in [0, 0.05) is 0 Å². The summed E-state index contributed by atoms with van der Waals surface area (Å²) in [5.41, 5.74) is 0.796. The monoisotopic (exact) mass is 336 g/mol. The molecule has 3 aliphatic carbocycles. The minimum atomic E-state index is -0.458. The van der Waals surface area contributed by atoms with Crippen molar-refractivity contribution < 1.29 is 14.6 Å². The van der Waals surface area contributed by atoms with Crippen LogP contribution in [0.3, 0.4) is 0 Å². The average Bonchev–Trinajstić information content (AvgIpc) is 2.73. The smallest absolute Gasteiger partial charge is 0.163 e. The minimum Gasteiger partial charge on any atom is -0.393 e. The summed E-state index contributed by atoms with van der Waals surface area (Å²) < 4.78 is 12.5. The molecule has 1 saturated heterocycles. The van der Waals surface area contributed by atoms with Gasteiger partial charge in [-0.3, -0.25) is 0 Å². The van der Waals surface area contributed by atoms with Crippen molar-refractivity contribution in [1.82, 2.24) is 0 Å². The molecule has 3 nitrogen and oxygen atoms in total. The average molecular weight is 337 g/mol. The molecule has 4 rings (SSSR count). The van der Waals surface area contributed by atoms with Crippen molar-refractivity contribution in [3.8, 4) is 0 Å². The molecule has 3 heteroatoms. The number of rotatable bonds is 0. The normalized spacial score (nSPS) is 56.8. The molecule has 7 atom stereocenters. The lowest BCUT2D eigenvalue weighted by Crippen LogP contribution is -2.61. The van der Waals surface area contributed by atoms with Gasteiger partial charge in [0.25, 0.3) is 0 Å². The van der Waals surface area contributed by atoms with Crippen LogP contribution in [0.5, 0.6) is 0 Å². The van der Waals surface area contributed by atoms with Crippen LogP contribution in [0, 0.1) is 28.1 Å². The van der Waals surface area contributed by atoms with Gasteiger partial charge in [0.05, 0.1) is 18.8 Å². The summed E-state index contributed by atoms with van der Waals surface area (Å²) in [5.74, 6) is 0.715. The van der Waals surface area contributed by atoms with Gasteiger partial charge in [-0.2, -0.15) is 0 Å². The zero-order valence-electron chi connectivity index (χ0n) is 16.2. The van der Waals surface area contributed by atoms with Crippen LogP contribution in [0.1, 0.15) is 79.6 Å². The molecule has 1 unspecified atom stereocenters. The summed E-state index contributed by atoms with van der Waals surface area (Å²) in [5, 5.41) is 10.6. The van der Waals surface area contributed by atoms with Crippen LogP contribution < -0.4 is 0 Å². The van der Waals surface area contributed by atoms with Crippen LogP contribution in [-0.4, -0.2) is 29.7 Å². The van der Waals surface area contributed by atoms with Crippen LogP contribution >= 0.6 is 0 Å². The maximum atomic E-state index is 10.6. The first-order valence-electron chi connectivity index (χ1n) is 10.1. The topological polar surface area (TPSA) is 38.7 Å². The van der Waals surface area contributed by atoms with E-state index in [1.54, 1.807) is 0 Å². The first-order chi connectivity index (χ1) is 11.1. The molecule has 1 N–H and O–H groups in total. The van der Waals surface area contributed by atoms with Gasteiger partial charge in [0.1, 0.15) is 0 Å². The Hall–Kier alpha value is -0.120. The third-order valence-electron chi connectivity index (χ3n) is 9.06. The summed E-state index contributed by atoms with van der Waals surface area (Å²) >= 11 is 0. The summed E-state index contributed by atoms with van der Waals surface area (Å²) in [7, 11) is 0. The predicted octanol–water partition coefficient (Wildman–Crippen LogP) is 4.52. The van der Waals surface area contributed by atoms with Crippen molar-refractivity contribution in [2.45, 2.75) is 97.6 Å². The van der Waals surface area contributed by atoms with Gasteiger partial charge < -0.3 is 14.6 Å². The van der Waals surface area contributed by atoms with Crippen molar-refractivity contribution in [1.29, 1.82) is 0 Å². The lowest BCUT2D eigenvalue weighted by Gasteiger charge is -2.65. The van der Waals surface area contributed by atoms with Gasteiger partial charge >= 0.3 is 0 Å². The molecular weight excluding hydrogens is 300 g/mol. The predicted molar refractivity (Wildman–Crippen MR) is 94.5 cm³/mol. The molecule has 1 aliphatic heterocycles. The standard InChI is InChI=1S/C21H36O3/c1-18(2)23-13-12-19(3)16-7-6-14-15(22)8-10-20(14,4)21(16,5)11-9-17(19)24-18/h14-17,22H,6-13H2,1-5H3/t14-,15?,16-,17-,19-,20-,21-/m1/s1. The first kappa shape index (κ1) is 17.3. The Morgan fingerprint density at radius 2 is 1.54 bits per heavy atom. The molecule has 4 aliphatic rings. The van der Waals surface area contributed by atoms with E-state index in [1.165, 1.54) is 25.7 Å². The largest absolute Gasteiger partial charge is 0.393 e. The van der Waals surface area contributed by atoms with Crippen LogP contribution in [-0.2, 0) is 9.47 Å². The van der Waals surface area contributed by atoms with Crippen molar-refractivity contribution in [3.05, 3.63) is 0 Å². The molecule has 0 amide bonds. The van der Waals surface area contributed by atoms with Gasteiger partial charge in [-0.1, -0.05) is 20.8 Å². The Balaban J connectivity index is 1.71. The number of fused-ring (bicyclic) bond motifs is 5. The molecule has 24 heavy (non-hydrogen) atoms. The van der Waals surface area contributed by atoms with Crippen LogP contribution in [0.25, 0.3) is 0 Å². The van der Waals surface area contributed by atoms with E-state index < -0.39 is 5.79 Å². The van der Waals surface area contributed by atoms with Crippen molar-refractivity contribution in [2.24, 2.45) is 28.1 Å². The molecule has 0 bridgehead atoms. The molecule has 0 aromatic heterocycles. The molecule has 0 radical (unpaired) electrons. The highest BCUT2D eigenvalue weighted by Crippen LogP contribution is 2.71. The highest BCUT2D eigenvalue weighted by atomic mass is 16.7. The van der Waals surface area contributed by atoms with E-state index in [-0.39, 0.29) is 16.9 Å². The summed E-state index contributed by atoms with van der Waals surface area (Å²) in [6, 6.07) is 0. The zero-order valence-corrected chi connectivity index (χ0v) is 16.2. The zero-order chi connectivity index (χ0) is 17.4. The fourth-order valence-electron chi connectivity index (χ4n) is 7.47. The Morgan fingerprint density at radius 3 is 2.29 bits per heavy atom. The Labute approximate surface area is 147 Å². The molecule has 138 valence electrons. The van der Waals surface area contributed by atoms with Gasteiger partial charge in [0.15, 0.2) is 5.79 Å². The van der Waals surface area contributed by atoms with E-state index >= 15 is 0 Å². The highest BCUT2D eigenvalue weighted by molar-refractivity contribution is 5.15. The number of hydrogen-bond acceptors (Lipinski definition) is 3. The molecule has 0 aromatic rings. The fourth-order valence-corrected chi connectivity index (χ4v) is 7.47. The summed E-state index contributed by atoms with van der Waals surface area (Å²) in [6.45, 7) is 12.4. The SMILES string of the molecule is CC1(C)OCC[C@]2(C)[C@H]3CC[C@@H]4C(O)CC[C@@]4(C)[C@]3(C)CC[C@H]2O1. The molecule has 0 spiro atoms. The van der Waals surface area contributed by atoms with Crippen LogP contribution in [0.4, 0.5) is 0 Å². The molecule has 1 heterocycles. The minimum absolute atomic E-state index is 0.0778. The lowest BCUT2D eigenvalue weighted by molar-refractivity contribution is -0.262. The quantitative estimate of drug-likeness (QED) is 0.707. The van der Waals surface area contributed by atoms with Crippen molar-refractivity contribution >= 4 is 0 Å². The second-order valence-electron chi connectivity index (χ2n) is 10.3. The van der Waals surface area contributed by atoms with E-state index in [4.69, 9.17) is 9.47 Å². The molecule has 3 saturated carbocycles. The molecular formula is C21H36O3. The van der Waals surface area contributed by atoms with E-state index in [9.17, 15) is 5.11 Å². The van der Waals surface area contributed by atoms with E-state index in [0.717, 1.165) is 25.9 Å². The Morgan fingerprint density at radius 1 is 0.833 bits per heavy atom. The van der Waals surface area contributed by atoms with Gasteiger partial charge in [0.2, 0.25) is 0 Å². The third-order valence-corrected chi connectivity index (χ3v) is 9.06. The molecule has 0 aromatic carbocycles. The van der Waals surface area contributed by atoms with Crippen molar-refractivity contribution in [3.63, 3.8) is 0 Å². The maximum absolute atomic E-state index is 10.6. The lowest BCUT2D eigenvalue weighted by atomic mass is 9.40. The van der Waals surface area contributed by atoms with Gasteiger partial charge in [-0.25, -0.2) is 0 Å². The second kappa shape index (κ2) is 5.20. The maximum Gasteiger partial charge on any atom is 0.163 e. The summed E-state index contributed by atoms with van der Waals surface area (Å²) in [6.07, 6.45) is 8.30. The Bertz CT molecular complexity index is 517.